The van der Waals surface area contributed by atoms with Gasteiger partial charge in [-0.1, -0.05) is 53.8 Å². The van der Waals surface area contributed by atoms with Crippen molar-refractivity contribution in [2.75, 3.05) is 0 Å². The summed E-state index contributed by atoms with van der Waals surface area (Å²) in [5.41, 5.74) is 4.15. The SMILES string of the molecule is O=C(CCn1c(=O)sc2ccccc21)N[C@@H](Cc1ccc2c(c1)C=CCC2)B(O)O. The van der Waals surface area contributed by atoms with Gasteiger partial charge in [-0.25, -0.2) is 0 Å². The summed E-state index contributed by atoms with van der Waals surface area (Å²) in [6.45, 7) is 0.243. The van der Waals surface area contributed by atoms with Crippen molar-refractivity contribution in [3.05, 3.63) is 74.9 Å². The van der Waals surface area contributed by atoms with Crippen LogP contribution in [0.25, 0.3) is 16.3 Å². The van der Waals surface area contributed by atoms with Crippen molar-refractivity contribution in [3.63, 3.8) is 0 Å². The number of aryl methyl sites for hydroxylation is 2. The maximum atomic E-state index is 12.5. The lowest BCUT2D eigenvalue weighted by Crippen LogP contribution is -2.48. The highest BCUT2D eigenvalue weighted by molar-refractivity contribution is 7.16. The van der Waals surface area contributed by atoms with E-state index in [2.05, 4.69) is 23.5 Å². The molecule has 1 aromatic heterocycles. The highest BCUT2D eigenvalue weighted by Gasteiger charge is 2.26. The van der Waals surface area contributed by atoms with Crippen LogP contribution in [0.2, 0.25) is 0 Å². The minimum Gasteiger partial charge on any atom is -0.426 e. The number of para-hydroxylation sites is 1. The Hall–Kier alpha value is -2.68. The van der Waals surface area contributed by atoms with E-state index < -0.39 is 13.1 Å². The van der Waals surface area contributed by atoms with Gasteiger partial charge in [-0.2, -0.15) is 0 Å². The number of allylic oxidation sites excluding steroid dienone is 1. The van der Waals surface area contributed by atoms with Gasteiger partial charge in [-0.05, 0) is 48.1 Å². The molecule has 4 rings (SSSR count). The maximum absolute atomic E-state index is 12.5. The molecule has 0 radical (unpaired) electrons. The zero-order valence-electron chi connectivity index (χ0n) is 16.5. The number of rotatable bonds is 7. The van der Waals surface area contributed by atoms with E-state index in [9.17, 15) is 19.6 Å². The molecule has 30 heavy (non-hydrogen) atoms. The first-order valence-corrected chi connectivity index (χ1v) is 10.8. The number of hydrogen-bond donors (Lipinski definition) is 3. The van der Waals surface area contributed by atoms with Crippen molar-refractivity contribution in [2.45, 2.75) is 38.2 Å². The molecule has 1 amide bonds. The van der Waals surface area contributed by atoms with Gasteiger partial charge in [0.05, 0.1) is 16.2 Å². The molecule has 1 atom stereocenters. The van der Waals surface area contributed by atoms with Gasteiger partial charge in [0, 0.05) is 13.0 Å². The van der Waals surface area contributed by atoms with Crippen molar-refractivity contribution in [1.82, 2.24) is 9.88 Å². The van der Waals surface area contributed by atoms with E-state index >= 15 is 0 Å². The van der Waals surface area contributed by atoms with E-state index in [1.165, 1.54) is 5.56 Å². The van der Waals surface area contributed by atoms with E-state index in [-0.39, 0.29) is 23.7 Å². The Labute approximate surface area is 178 Å². The van der Waals surface area contributed by atoms with Gasteiger partial charge >= 0.3 is 12.0 Å². The number of carbonyl (C=O) groups excluding carboxylic acids is 1. The van der Waals surface area contributed by atoms with E-state index in [4.69, 9.17) is 0 Å². The monoisotopic (exact) mass is 422 g/mol. The fourth-order valence-corrected chi connectivity index (χ4v) is 4.72. The van der Waals surface area contributed by atoms with Crippen LogP contribution in [0.1, 0.15) is 29.5 Å². The average Bonchev–Trinajstić information content (AvgIpc) is 3.06. The summed E-state index contributed by atoms with van der Waals surface area (Å²) in [7, 11) is -1.68. The Bertz CT molecular complexity index is 1150. The van der Waals surface area contributed by atoms with Crippen molar-refractivity contribution < 1.29 is 14.8 Å². The maximum Gasteiger partial charge on any atom is 0.475 e. The van der Waals surface area contributed by atoms with Crippen molar-refractivity contribution in [3.8, 4) is 0 Å². The molecule has 0 bridgehead atoms. The van der Waals surface area contributed by atoms with Gasteiger partial charge < -0.3 is 15.4 Å². The summed E-state index contributed by atoms with van der Waals surface area (Å²) in [5.74, 6) is -1.15. The molecule has 0 saturated carbocycles. The summed E-state index contributed by atoms with van der Waals surface area (Å²) >= 11 is 1.15. The summed E-state index contributed by atoms with van der Waals surface area (Å²) in [5, 5.41) is 22.2. The minimum absolute atomic E-state index is 0.0801. The van der Waals surface area contributed by atoms with Crippen molar-refractivity contribution in [1.29, 1.82) is 0 Å². The zero-order valence-corrected chi connectivity index (χ0v) is 17.3. The summed E-state index contributed by atoms with van der Waals surface area (Å²) in [6, 6.07) is 13.5. The van der Waals surface area contributed by atoms with E-state index in [0.717, 1.165) is 45.5 Å². The normalized spacial score (nSPS) is 13.8. The Morgan fingerprint density at radius 1 is 1.23 bits per heavy atom. The molecule has 1 aliphatic carbocycles. The molecule has 0 aliphatic heterocycles. The molecule has 1 aliphatic rings. The topological polar surface area (TPSA) is 91.6 Å². The fraction of sp³-hybridized carbons (Fsp3) is 0.273. The molecule has 2 aromatic carbocycles. The molecule has 8 heteroatoms. The zero-order chi connectivity index (χ0) is 21.1. The first kappa shape index (κ1) is 20.6. The minimum atomic E-state index is -1.68. The number of fused-ring (bicyclic) bond motifs is 2. The lowest BCUT2D eigenvalue weighted by atomic mass is 9.75. The smallest absolute Gasteiger partial charge is 0.426 e. The van der Waals surface area contributed by atoms with Crippen LogP contribution >= 0.6 is 11.3 Å². The van der Waals surface area contributed by atoms with Gasteiger partial charge in [-0.15, -0.1) is 0 Å². The molecule has 3 aromatic rings. The highest BCUT2D eigenvalue weighted by atomic mass is 32.1. The van der Waals surface area contributed by atoms with Crippen LogP contribution in [0, 0.1) is 0 Å². The Morgan fingerprint density at radius 3 is 2.90 bits per heavy atom. The second-order valence-corrected chi connectivity index (χ2v) is 8.50. The summed E-state index contributed by atoms with van der Waals surface area (Å²) in [6.07, 6.45) is 6.63. The number of aromatic nitrogens is 1. The van der Waals surface area contributed by atoms with Gasteiger partial charge in [0.15, 0.2) is 0 Å². The number of thiazole rings is 1. The van der Waals surface area contributed by atoms with Gasteiger partial charge in [0.1, 0.15) is 0 Å². The van der Waals surface area contributed by atoms with Crippen molar-refractivity contribution >= 4 is 40.7 Å². The lowest BCUT2D eigenvalue weighted by molar-refractivity contribution is -0.121. The second kappa shape index (κ2) is 8.99. The quantitative estimate of drug-likeness (QED) is 0.509. The average molecular weight is 422 g/mol. The van der Waals surface area contributed by atoms with Gasteiger partial charge in [0.2, 0.25) is 5.91 Å². The third-order valence-electron chi connectivity index (χ3n) is 5.39. The molecule has 3 N–H and O–H groups in total. The lowest BCUT2D eigenvalue weighted by Gasteiger charge is -2.19. The third kappa shape index (κ3) is 4.56. The fourth-order valence-electron chi connectivity index (χ4n) is 3.81. The molecule has 6 nitrogen and oxygen atoms in total. The number of carbonyl (C=O) groups is 1. The second-order valence-electron chi connectivity index (χ2n) is 7.50. The summed E-state index contributed by atoms with van der Waals surface area (Å²) in [4.78, 5) is 24.6. The van der Waals surface area contributed by atoms with Crippen LogP contribution in [0.4, 0.5) is 0 Å². The molecule has 0 unspecified atom stereocenters. The molecule has 0 fully saturated rings. The van der Waals surface area contributed by atoms with Crippen LogP contribution in [0.15, 0.2) is 53.3 Å². The van der Waals surface area contributed by atoms with Crippen LogP contribution in [-0.2, 0) is 24.2 Å². The Morgan fingerprint density at radius 2 is 2.07 bits per heavy atom. The van der Waals surface area contributed by atoms with E-state index in [1.807, 2.05) is 36.4 Å². The van der Waals surface area contributed by atoms with Crippen LogP contribution in [0.3, 0.4) is 0 Å². The Balaban J connectivity index is 1.41. The molecular formula is C22H23BN2O4S. The molecular weight excluding hydrogens is 399 g/mol. The standard InChI is InChI=1S/C22H23BN2O4S/c26-21(11-12-25-18-7-3-4-8-19(18)30-22(25)27)24-20(23(28)29)14-15-9-10-16-5-1-2-6-17(16)13-15/h2-4,6-10,13,20,28-29H,1,5,11-12,14H2,(H,24,26)/t20-/m0/s1. The van der Waals surface area contributed by atoms with Gasteiger partial charge in [0.25, 0.3) is 0 Å². The number of hydrogen-bond acceptors (Lipinski definition) is 5. The first-order valence-electron chi connectivity index (χ1n) is 10.0. The first-order chi connectivity index (χ1) is 14.5. The predicted molar refractivity (Wildman–Crippen MR) is 120 cm³/mol. The van der Waals surface area contributed by atoms with Crippen LogP contribution in [0.5, 0.6) is 0 Å². The molecule has 0 saturated heterocycles. The van der Waals surface area contributed by atoms with E-state index in [1.54, 1.807) is 4.57 Å². The number of benzene rings is 2. The molecule has 154 valence electrons. The third-order valence-corrected chi connectivity index (χ3v) is 6.35. The number of nitrogens with one attached hydrogen (secondary N) is 1. The number of nitrogens with zero attached hydrogens (tertiary/aromatic N) is 1. The predicted octanol–water partition coefficient (Wildman–Crippen LogP) is 2.15. The largest absolute Gasteiger partial charge is 0.475 e. The van der Waals surface area contributed by atoms with Crippen LogP contribution < -0.4 is 10.2 Å². The van der Waals surface area contributed by atoms with Crippen LogP contribution in [-0.4, -0.2) is 33.6 Å². The molecule has 1 heterocycles. The highest BCUT2D eigenvalue weighted by Crippen LogP contribution is 2.21. The Kier molecular flexibility index (Phi) is 6.17. The summed E-state index contributed by atoms with van der Waals surface area (Å²) < 4.78 is 2.47. The number of amides is 1. The van der Waals surface area contributed by atoms with Crippen molar-refractivity contribution in [2.24, 2.45) is 0 Å². The van der Waals surface area contributed by atoms with Gasteiger partial charge in [-0.3, -0.25) is 14.2 Å². The van der Waals surface area contributed by atoms with E-state index in [0.29, 0.717) is 6.42 Å². The molecule has 0 spiro atoms.